The number of H-pyrrole nitrogens is 1. The fourth-order valence-corrected chi connectivity index (χ4v) is 3.70. The largest absolute Gasteiger partial charge is 0.379 e. The second-order valence-corrected chi connectivity index (χ2v) is 6.77. The zero-order chi connectivity index (χ0) is 16.1. The lowest BCUT2D eigenvalue weighted by Crippen LogP contribution is -2.44. The minimum absolute atomic E-state index is 0.208. The highest BCUT2D eigenvalue weighted by molar-refractivity contribution is 5.95. The van der Waals surface area contributed by atoms with Crippen molar-refractivity contribution in [3.63, 3.8) is 0 Å². The monoisotopic (exact) mass is 319 g/mol. The number of carbonyl (C=O) groups excluding carboxylic acids is 1. The summed E-state index contributed by atoms with van der Waals surface area (Å²) in [5.74, 6) is 0.929. The van der Waals surface area contributed by atoms with Crippen LogP contribution in [0.25, 0.3) is 0 Å². The van der Waals surface area contributed by atoms with Crippen LogP contribution in [0.3, 0.4) is 0 Å². The summed E-state index contributed by atoms with van der Waals surface area (Å²) in [6.45, 7) is 8.94. The van der Waals surface area contributed by atoms with Crippen molar-refractivity contribution in [3.8, 4) is 0 Å². The van der Waals surface area contributed by atoms with Crippen LogP contribution in [-0.4, -0.2) is 66.6 Å². The molecule has 5 nitrogen and oxygen atoms in total. The quantitative estimate of drug-likeness (QED) is 0.905. The molecule has 0 bridgehead atoms. The molecule has 0 spiro atoms. The van der Waals surface area contributed by atoms with Crippen LogP contribution in [0, 0.1) is 5.92 Å². The molecule has 5 heteroatoms. The summed E-state index contributed by atoms with van der Waals surface area (Å²) in [4.78, 5) is 20.5. The molecule has 3 heterocycles. The number of likely N-dealkylation sites (tertiary alicyclic amines) is 1. The van der Waals surface area contributed by atoms with Crippen LogP contribution in [0.2, 0.25) is 0 Å². The van der Waals surface area contributed by atoms with Crippen molar-refractivity contribution in [1.82, 2.24) is 14.8 Å². The van der Waals surface area contributed by atoms with Crippen molar-refractivity contribution in [2.45, 2.75) is 32.6 Å². The van der Waals surface area contributed by atoms with Crippen LogP contribution in [0.4, 0.5) is 0 Å². The van der Waals surface area contributed by atoms with E-state index < -0.39 is 0 Å². The molecule has 0 aromatic carbocycles. The van der Waals surface area contributed by atoms with Gasteiger partial charge in [-0.05, 0) is 31.2 Å². The molecule has 128 valence electrons. The Bertz CT molecular complexity index is 500. The van der Waals surface area contributed by atoms with Gasteiger partial charge in [-0.15, -0.1) is 0 Å². The van der Waals surface area contributed by atoms with Crippen LogP contribution in [0.5, 0.6) is 0 Å². The van der Waals surface area contributed by atoms with Crippen LogP contribution in [0.15, 0.2) is 12.3 Å². The lowest BCUT2D eigenvalue weighted by atomic mass is 9.95. The van der Waals surface area contributed by atoms with Gasteiger partial charge in [-0.25, -0.2) is 0 Å². The van der Waals surface area contributed by atoms with E-state index in [-0.39, 0.29) is 5.91 Å². The topological polar surface area (TPSA) is 48.6 Å². The number of aromatic amines is 1. The standard InChI is InChI=1S/C18H29N3O2/c1-2-3-17-16(4-7-19-17)18(22)21-8-5-15(6-9-21)14-20-10-12-23-13-11-20/h4,7,15,19H,2-3,5-6,8-14H2,1H3. The summed E-state index contributed by atoms with van der Waals surface area (Å²) >= 11 is 0. The Kier molecular flexibility index (Phi) is 5.73. The number of rotatable bonds is 5. The zero-order valence-corrected chi connectivity index (χ0v) is 14.2. The van der Waals surface area contributed by atoms with Crippen LogP contribution < -0.4 is 0 Å². The molecule has 23 heavy (non-hydrogen) atoms. The first kappa shape index (κ1) is 16.5. The number of aromatic nitrogens is 1. The molecule has 1 aromatic heterocycles. The van der Waals surface area contributed by atoms with Gasteiger partial charge in [0.1, 0.15) is 0 Å². The number of ether oxygens (including phenoxy) is 1. The summed E-state index contributed by atoms with van der Waals surface area (Å²) in [6.07, 6.45) is 6.14. The van der Waals surface area contributed by atoms with E-state index in [1.165, 1.54) is 0 Å². The number of carbonyl (C=O) groups is 1. The third-order valence-corrected chi connectivity index (χ3v) is 5.08. The molecule has 0 unspecified atom stereocenters. The van der Waals surface area contributed by atoms with Gasteiger partial charge in [0.2, 0.25) is 0 Å². The molecule has 1 aromatic rings. The fraction of sp³-hybridized carbons (Fsp3) is 0.722. The molecule has 2 saturated heterocycles. The Labute approximate surface area is 139 Å². The molecular formula is C18H29N3O2. The van der Waals surface area contributed by atoms with Crippen molar-refractivity contribution in [1.29, 1.82) is 0 Å². The van der Waals surface area contributed by atoms with Gasteiger partial charge < -0.3 is 14.6 Å². The molecule has 2 aliphatic heterocycles. The number of hydrogen-bond donors (Lipinski definition) is 1. The molecule has 0 aliphatic carbocycles. The van der Waals surface area contributed by atoms with E-state index in [0.717, 1.165) is 88.8 Å². The SMILES string of the molecule is CCCc1[nH]ccc1C(=O)N1CCC(CN2CCOCC2)CC1. The molecule has 2 aliphatic rings. The van der Waals surface area contributed by atoms with Gasteiger partial charge in [-0.2, -0.15) is 0 Å². The fourth-order valence-electron chi connectivity index (χ4n) is 3.70. The minimum atomic E-state index is 0.208. The van der Waals surface area contributed by atoms with Gasteiger partial charge in [-0.3, -0.25) is 9.69 Å². The highest BCUT2D eigenvalue weighted by Crippen LogP contribution is 2.22. The van der Waals surface area contributed by atoms with Crippen molar-refractivity contribution in [3.05, 3.63) is 23.5 Å². The Morgan fingerprint density at radius 2 is 2.00 bits per heavy atom. The molecule has 3 rings (SSSR count). The third kappa shape index (κ3) is 4.15. The number of nitrogens with one attached hydrogen (secondary N) is 1. The number of hydrogen-bond acceptors (Lipinski definition) is 3. The van der Waals surface area contributed by atoms with E-state index in [9.17, 15) is 4.79 Å². The number of aryl methyl sites for hydroxylation is 1. The number of piperidine rings is 1. The average molecular weight is 319 g/mol. The molecule has 2 fully saturated rings. The van der Waals surface area contributed by atoms with Gasteiger partial charge in [0.15, 0.2) is 0 Å². The first-order chi connectivity index (χ1) is 11.3. The highest BCUT2D eigenvalue weighted by Gasteiger charge is 2.26. The predicted molar refractivity (Wildman–Crippen MR) is 90.7 cm³/mol. The van der Waals surface area contributed by atoms with Crippen molar-refractivity contribution in [2.24, 2.45) is 5.92 Å². The van der Waals surface area contributed by atoms with E-state index in [0.29, 0.717) is 0 Å². The summed E-state index contributed by atoms with van der Waals surface area (Å²) in [5, 5.41) is 0. The summed E-state index contributed by atoms with van der Waals surface area (Å²) in [5.41, 5.74) is 1.96. The maximum atomic E-state index is 12.7. The summed E-state index contributed by atoms with van der Waals surface area (Å²) in [7, 11) is 0. The molecule has 0 atom stereocenters. The van der Waals surface area contributed by atoms with Crippen molar-refractivity contribution in [2.75, 3.05) is 45.9 Å². The van der Waals surface area contributed by atoms with Gasteiger partial charge in [0.25, 0.3) is 5.91 Å². The Morgan fingerprint density at radius 1 is 1.26 bits per heavy atom. The van der Waals surface area contributed by atoms with E-state index in [4.69, 9.17) is 4.74 Å². The van der Waals surface area contributed by atoms with Crippen molar-refractivity contribution < 1.29 is 9.53 Å². The Morgan fingerprint density at radius 3 is 2.70 bits per heavy atom. The highest BCUT2D eigenvalue weighted by atomic mass is 16.5. The number of amides is 1. The van der Waals surface area contributed by atoms with Crippen LogP contribution >= 0.6 is 0 Å². The first-order valence-electron chi connectivity index (χ1n) is 9.03. The van der Waals surface area contributed by atoms with Gasteiger partial charge in [-0.1, -0.05) is 13.3 Å². The average Bonchev–Trinajstić information content (AvgIpc) is 3.04. The van der Waals surface area contributed by atoms with Gasteiger partial charge >= 0.3 is 0 Å². The summed E-state index contributed by atoms with van der Waals surface area (Å²) < 4.78 is 5.41. The predicted octanol–water partition coefficient (Wildman–Crippen LogP) is 2.15. The lowest BCUT2D eigenvalue weighted by molar-refractivity contribution is 0.0243. The molecule has 0 saturated carbocycles. The Hall–Kier alpha value is -1.33. The zero-order valence-electron chi connectivity index (χ0n) is 14.2. The maximum absolute atomic E-state index is 12.7. The molecule has 1 amide bonds. The Balaban J connectivity index is 1.50. The number of nitrogens with zero attached hydrogens (tertiary/aromatic N) is 2. The first-order valence-corrected chi connectivity index (χ1v) is 9.03. The van der Waals surface area contributed by atoms with Gasteiger partial charge in [0, 0.05) is 44.6 Å². The smallest absolute Gasteiger partial charge is 0.255 e. The van der Waals surface area contributed by atoms with Crippen molar-refractivity contribution >= 4 is 5.91 Å². The number of morpholine rings is 1. The van der Waals surface area contributed by atoms with E-state index >= 15 is 0 Å². The molecular weight excluding hydrogens is 290 g/mol. The normalized spacial score (nSPS) is 20.8. The van der Waals surface area contributed by atoms with E-state index in [1.54, 1.807) is 0 Å². The minimum Gasteiger partial charge on any atom is -0.379 e. The van der Waals surface area contributed by atoms with Gasteiger partial charge in [0.05, 0.1) is 18.8 Å². The maximum Gasteiger partial charge on any atom is 0.255 e. The second-order valence-electron chi connectivity index (χ2n) is 6.77. The summed E-state index contributed by atoms with van der Waals surface area (Å²) in [6, 6.07) is 1.94. The van der Waals surface area contributed by atoms with Crippen LogP contribution in [0.1, 0.15) is 42.2 Å². The lowest BCUT2D eigenvalue weighted by Gasteiger charge is -2.36. The van der Waals surface area contributed by atoms with Crippen LogP contribution in [-0.2, 0) is 11.2 Å². The van der Waals surface area contributed by atoms with E-state index in [1.807, 2.05) is 17.2 Å². The molecule has 0 radical (unpaired) electrons. The van der Waals surface area contributed by atoms with E-state index in [2.05, 4.69) is 16.8 Å². The second kappa shape index (κ2) is 7.97. The third-order valence-electron chi connectivity index (χ3n) is 5.08. The molecule has 1 N–H and O–H groups in total.